The summed E-state index contributed by atoms with van der Waals surface area (Å²) in [4.78, 5) is 13.5. The molecule has 1 heterocycles. The Balaban J connectivity index is 1.81. The summed E-state index contributed by atoms with van der Waals surface area (Å²) in [5.41, 5.74) is 6.51. The molecule has 1 aromatic rings. The van der Waals surface area contributed by atoms with Crippen molar-refractivity contribution in [1.29, 1.82) is 0 Å². The molecule has 1 fully saturated rings. The van der Waals surface area contributed by atoms with E-state index in [1.165, 1.54) is 0 Å². The molecular weight excluding hydrogens is 232 g/mol. The maximum Gasteiger partial charge on any atom is 0.410 e. The first-order valence-corrected chi connectivity index (χ1v) is 6.07. The largest absolute Gasteiger partial charge is 0.445 e. The van der Waals surface area contributed by atoms with Gasteiger partial charge >= 0.3 is 6.09 Å². The quantitative estimate of drug-likeness (QED) is 0.868. The highest BCUT2D eigenvalue weighted by atomic mass is 16.6. The van der Waals surface area contributed by atoms with Crippen molar-refractivity contribution in [3.05, 3.63) is 35.9 Å². The third-order valence-corrected chi connectivity index (χ3v) is 2.87. The molecule has 1 atom stereocenters. The molecule has 2 rings (SSSR count). The lowest BCUT2D eigenvalue weighted by atomic mass is 10.2. The molecule has 0 aromatic heterocycles. The fourth-order valence-electron chi connectivity index (χ4n) is 1.84. The van der Waals surface area contributed by atoms with Crippen LogP contribution in [0.3, 0.4) is 0 Å². The van der Waals surface area contributed by atoms with Gasteiger partial charge in [-0.25, -0.2) is 4.79 Å². The van der Waals surface area contributed by atoms with Crippen LogP contribution in [-0.4, -0.2) is 43.3 Å². The van der Waals surface area contributed by atoms with Crippen LogP contribution in [0.4, 0.5) is 4.79 Å². The number of morpholine rings is 1. The number of benzene rings is 1. The van der Waals surface area contributed by atoms with E-state index in [-0.39, 0.29) is 12.2 Å². The Labute approximate surface area is 106 Å². The number of hydrogen-bond donors (Lipinski definition) is 1. The van der Waals surface area contributed by atoms with Crippen LogP contribution in [0.15, 0.2) is 30.3 Å². The standard InChI is InChI=1S/C13H18N2O3/c14-8-12-9-15(6-7-17-12)13(16)18-10-11-4-2-1-3-5-11/h1-5,12H,6-10,14H2/t12-/m0/s1. The minimum absolute atomic E-state index is 0.0805. The minimum atomic E-state index is -0.305. The van der Waals surface area contributed by atoms with Crippen LogP contribution in [0.2, 0.25) is 0 Å². The molecular formula is C13H18N2O3. The highest BCUT2D eigenvalue weighted by molar-refractivity contribution is 5.67. The summed E-state index contributed by atoms with van der Waals surface area (Å²) in [6, 6.07) is 9.62. The molecule has 0 radical (unpaired) electrons. The van der Waals surface area contributed by atoms with E-state index in [0.29, 0.717) is 32.8 Å². The van der Waals surface area contributed by atoms with Gasteiger partial charge in [0, 0.05) is 13.1 Å². The van der Waals surface area contributed by atoms with Gasteiger partial charge in [-0.1, -0.05) is 30.3 Å². The van der Waals surface area contributed by atoms with E-state index in [1.54, 1.807) is 4.90 Å². The zero-order chi connectivity index (χ0) is 12.8. The number of hydrogen-bond acceptors (Lipinski definition) is 4. The van der Waals surface area contributed by atoms with Crippen molar-refractivity contribution in [1.82, 2.24) is 4.90 Å². The number of carbonyl (C=O) groups is 1. The molecule has 18 heavy (non-hydrogen) atoms. The summed E-state index contributed by atoms with van der Waals surface area (Å²) in [7, 11) is 0. The third-order valence-electron chi connectivity index (χ3n) is 2.87. The van der Waals surface area contributed by atoms with Crippen LogP contribution < -0.4 is 5.73 Å². The second kappa shape index (κ2) is 6.37. The number of amides is 1. The Hall–Kier alpha value is -1.59. The highest BCUT2D eigenvalue weighted by Gasteiger charge is 2.24. The zero-order valence-corrected chi connectivity index (χ0v) is 10.2. The van der Waals surface area contributed by atoms with Crippen LogP contribution in [0.25, 0.3) is 0 Å². The molecule has 0 unspecified atom stereocenters. The number of rotatable bonds is 3. The predicted molar refractivity (Wildman–Crippen MR) is 67.0 cm³/mol. The van der Waals surface area contributed by atoms with Gasteiger partial charge in [0.25, 0.3) is 0 Å². The SMILES string of the molecule is NC[C@H]1CN(C(=O)OCc2ccccc2)CCO1. The smallest absolute Gasteiger partial charge is 0.410 e. The molecule has 5 heteroatoms. The predicted octanol–water partition coefficient (Wildman–Crippen LogP) is 0.983. The van der Waals surface area contributed by atoms with Crippen molar-refractivity contribution in [3.8, 4) is 0 Å². The van der Waals surface area contributed by atoms with Gasteiger partial charge in [0.2, 0.25) is 0 Å². The lowest BCUT2D eigenvalue weighted by molar-refractivity contribution is -0.0235. The van der Waals surface area contributed by atoms with Crippen LogP contribution in [0.1, 0.15) is 5.56 Å². The zero-order valence-electron chi connectivity index (χ0n) is 10.2. The second-order valence-corrected chi connectivity index (χ2v) is 4.21. The topological polar surface area (TPSA) is 64.8 Å². The van der Waals surface area contributed by atoms with E-state index in [2.05, 4.69) is 0 Å². The van der Waals surface area contributed by atoms with Crippen molar-refractivity contribution in [2.24, 2.45) is 5.73 Å². The maximum atomic E-state index is 11.8. The molecule has 0 aliphatic carbocycles. The number of nitrogens with zero attached hydrogens (tertiary/aromatic N) is 1. The highest BCUT2D eigenvalue weighted by Crippen LogP contribution is 2.08. The van der Waals surface area contributed by atoms with E-state index >= 15 is 0 Å². The lowest BCUT2D eigenvalue weighted by Crippen LogP contribution is -2.48. The average Bonchev–Trinajstić information content (AvgIpc) is 2.46. The Bertz CT molecular complexity index is 383. The number of ether oxygens (including phenoxy) is 2. The van der Waals surface area contributed by atoms with Gasteiger partial charge in [-0.2, -0.15) is 0 Å². The molecule has 0 saturated carbocycles. The molecule has 0 spiro atoms. The Morgan fingerprint density at radius 3 is 2.94 bits per heavy atom. The van der Waals surface area contributed by atoms with Crippen molar-refractivity contribution in [2.45, 2.75) is 12.7 Å². The van der Waals surface area contributed by atoms with E-state index in [9.17, 15) is 4.79 Å². The maximum absolute atomic E-state index is 11.8. The first kappa shape index (κ1) is 12.9. The number of nitrogens with two attached hydrogens (primary N) is 1. The van der Waals surface area contributed by atoms with Gasteiger partial charge < -0.3 is 20.1 Å². The molecule has 1 aliphatic rings. The van der Waals surface area contributed by atoms with Gasteiger partial charge in [-0.3, -0.25) is 0 Å². The van der Waals surface area contributed by atoms with E-state index < -0.39 is 0 Å². The van der Waals surface area contributed by atoms with Gasteiger partial charge in [0.05, 0.1) is 19.3 Å². The Kier molecular flexibility index (Phi) is 4.55. The summed E-state index contributed by atoms with van der Waals surface area (Å²) in [6.07, 6.45) is -0.386. The first-order chi connectivity index (χ1) is 8.79. The summed E-state index contributed by atoms with van der Waals surface area (Å²) in [5.74, 6) is 0. The van der Waals surface area contributed by atoms with Crippen LogP contribution >= 0.6 is 0 Å². The molecule has 1 saturated heterocycles. The first-order valence-electron chi connectivity index (χ1n) is 6.07. The van der Waals surface area contributed by atoms with E-state index in [1.807, 2.05) is 30.3 Å². The van der Waals surface area contributed by atoms with Crippen LogP contribution in [-0.2, 0) is 16.1 Å². The van der Waals surface area contributed by atoms with Gasteiger partial charge in [0.15, 0.2) is 0 Å². The van der Waals surface area contributed by atoms with Gasteiger partial charge in [-0.05, 0) is 5.56 Å². The monoisotopic (exact) mass is 250 g/mol. The van der Waals surface area contributed by atoms with Crippen molar-refractivity contribution >= 4 is 6.09 Å². The molecule has 2 N–H and O–H groups in total. The molecule has 0 bridgehead atoms. The lowest BCUT2D eigenvalue weighted by Gasteiger charge is -2.31. The fraction of sp³-hybridized carbons (Fsp3) is 0.462. The summed E-state index contributed by atoms with van der Waals surface area (Å²) >= 11 is 0. The van der Waals surface area contributed by atoms with Crippen molar-refractivity contribution < 1.29 is 14.3 Å². The summed E-state index contributed by atoms with van der Waals surface area (Å²) < 4.78 is 10.6. The van der Waals surface area contributed by atoms with Crippen LogP contribution in [0, 0.1) is 0 Å². The molecule has 98 valence electrons. The fourth-order valence-corrected chi connectivity index (χ4v) is 1.84. The van der Waals surface area contributed by atoms with Gasteiger partial charge in [-0.15, -0.1) is 0 Å². The minimum Gasteiger partial charge on any atom is -0.445 e. The van der Waals surface area contributed by atoms with Crippen molar-refractivity contribution in [3.63, 3.8) is 0 Å². The third kappa shape index (κ3) is 3.45. The average molecular weight is 250 g/mol. The number of carbonyl (C=O) groups excluding carboxylic acids is 1. The summed E-state index contributed by atoms with van der Waals surface area (Å²) in [6.45, 7) is 2.29. The molecule has 1 aliphatic heterocycles. The second-order valence-electron chi connectivity index (χ2n) is 4.21. The normalized spacial score (nSPS) is 19.6. The molecule has 1 amide bonds. The summed E-state index contributed by atoms with van der Waals surface area (Å²) in [5, 5.41) is 0. The van der Waals surface area contributed by atoms with Crippen LogP contribution in [0.5, 0.6) is 0 Å². The van der Waals surface area contributed by atoms with E-state index in [0.717, 1.165) is 5.56 Å². The van der Waals surface area contributed by atoms with Gasteiger partial charge in [0.1, 0.15) is 6.61 Å². The Morgan fingerprint density at radius 2 is 2.22 bits per heavy atom. The molecule has 1 aromatic carbocycles. The molecule has 5 nitrogen and oxygen atoms in total. The van der Waals surface area contributed by atoms with Crippen molar-refractivity contribution in [2.75, 3.05) is 26.2 Å². The van der Waals surface area contributed by atoms with E-state index in [4.69, 9.17) is 15.2 Å². The Morgan fingerprint density at radius 1 is 1.44 bits per heavy atom.